The molecule has 5 heteroatoms. The van der Waals surface area contributed by atoms with Crippen LogP contribution in [0.2, 0.25) is 0 Å². The molecule has 1 rings (SSSR count). The monoisotopic (exact) mass is 316 g/mol. The highest BCUT2D eigenvalue weighted by Crippen LogP contribution is 2.20. The summed E-state index contributed by atoms with van der Waals surface area (Å²) >= 11 is 0. The largest absolute Gasteiger partial charge is 0.394 e. The maximum atomic E-state index is 9.97. The molecular weight excluding hydrogens is 284 g/mol. The summed E-state index contributed by atoms with van der Waals surface area (Å²) < 4.78 is 10.9. The summed E-state index contributed by atoms with van der Waals surface area (Å²) in [6, 6.07) is 0. The third kappa shape index (κ3) is 7.20. The van der Waals surface area contributed by atoms with E-state index in [2.05, 4.69) is 19.1 Å². The topological polar surface area (TPSA) is 79.2 Å². The Morgan fingerprint density at radius 3 is 2.64 bits per heavy atom. The van der Waals surface area contributed by atoms with Gasteiger partial charge in [-0.3, -0.25) is 0 Å². The predicted molar refractivity (Wildman–Crippen MR) is 85.7 cm³/mol. The molecule has 1 aliphatic heterocycles. The van der Waals surface area contributed by atoms with Crippen LogP contribution in [0.25, 0.3) is 0 Å². The molecule has 0 unspecified atom stereocenters. The van der Waals surface area contributed by atoms with Crippen LogP contribution in [-0.4, -0.2) is 59.6 Å². The van der Waals surface area contributed by atoms with Gasteiger partial charge in [-0.1, -0.05) is 38.3 Å². The molecule has 130 valence electrons. The second-order valence-electron chi connectivity index (χ2n) is 5.88. The third-order valence-corrected chi connectivity index (χ3v) is 3.99. The lowest BCUT2D eigenvalue weighted by molar-refractivity contribution is -0.0730. The van der Waals surface area contributed by atoms with Crippen LogP contribution >= 0.6 is 0 Å². The zero-order valence-electron chi connectivity index (χ0n) is 13.7. The SMILES string of the molecule is CC/C=C/CCCCCCCO[C@@H]1CO[C@@H]([C@@H](O)CO)[C@H]1O. The number of aliphatic hydroxyl groups is 3. The molecule has 0 aromatic heterocycles. The van der Waals surface area contributed by atoms with Crippen LogP contribution in [0.15, 0.2) is 12.2 Å². The fourth-order valence-electron chi connectivity index (χ4n) is 2.62. The van der Waals surface area contributed by atoms with Gasteiger partial charge in [-0.25, -0.2) is 0 Å². The van der Waals surface area contributed by atoms with Crippen molar-refractivity contribution in [1.29, 1.82) is 0 Å². The maximum Gasteiger partial charge on any atom is 0.114 e. The van der Waals surface area contributed by atoms with Gasteiger partial charge < -0.3 is 24.8 Å². The molecule has 1 heterocycles. The second-order valence-corrected chi connectivity index (χ2v) is 5.88. The van der Waals surface area contributed by atoms with Crippen molar-refractivity contribution in [2.24, 2.45) is 0 Å². The lowest BCUT2D eigenvalue weighted by atomic mass is 10.1. The van der Waals surface area contributed by atoms with Crippen molar-refractivity contribution in [3.05, 3.63) is 12.2 Å². The van der Waals surface area contributed by atoms with E-state index in [0.29, 0.717) is 6.61 Å². The van der Waals surface area contributed by atoms with Crippen LogP contribution in [-0.2, 0) is 9.47 Å². The Morgan fingerprint density at radius 1 is 1.18 bits per heavy atom. The summed E-state index contributed by atoms with van der Waals surface area (Å²) in [4.78, 5) is 0. The van der Waals surface area contributed by atoms with Crippen molar-refractivity contribution in [2.45, 2.75) is 76.3 Å². The summed E-state index contributed by atoms with van der Waals surface area (Å²) in [6.45, 7) is 2.60. The van der Waals surface area contributed by atoms with Crippen LogP contribution < -0.4 is 0 Å². The van der Waals surface area contributed by atoms with Crippen LogP contribution in [0.4, 0.5) is 0 Å². The van der Waals surface area contributed by atoms with Gasteiger partial charge in [0.2, 0.25) is 0 Å². The van der Waals surface area contributed by atoms with E-state index >= 15 is 0 Å². The second kappa shape index (κ2) is 12.0. The first-order valence-corrected chi connectivity index (χ1v) is 8.55. The number of ether oxygens (including phenoxy) is 2. The van der Waals surface area contributed by atoms with Gasteiger partial charge in [0.25, 0.3) is 0 Å². The fourth-order valence-corrected chi connectivity index (χ4v) is 2.62. The molecule has 0 aromatic carbocycles. The Kier molecular flexibility index (Phi) is 10.7. The number of rotatable bonds is 12. The summed E-state index contributed by atoms with van der Waals surface area (Å²) in [5, 5.41) is 28.3. The van der Waals surface area contributed by atoms with Crippen molar-refractivity contribution in [3.8, 4) is 0 Å². The lowest BCUT2D eigenvalue weighted by Gasteiger charge is -2.20. The van der Waals surface area contributed by atoms with E-state index in [1.807, 2.05) is 0 Å². The Bertz CT molecular complexity index is 295. The fraction of sp³-hybridized carbons (Fsp3) is 0.882. The minimum atomic E-state index is -1.05. The quantitative estimate of drug-likeness (QED) is 0.378. The molecule has 5 nitrogen and oxygen atoms in total. The average molecular weight is 316 g/mol. The first kappa shape index (κ1) is 19.6. The molecule has 1 aliphatic rings. The molecule has 0 bridgehead atoms. The summed E-state index contributed by atoms with van der Waals surface area (Å²) in [6.07, 6.45) is 9.49. The number of allylic oxidation sites excluding steroid dienone is 2. The molecule has 0 aliphatic carbocycles. The predicted octanol–water partition coefficient (Wildman–Crippen LogP) is 1.79. The number of unbranched alkanes of at least 4 members (excludes halogenated alkanes) is 5. The molecule has 4 atom stereocenters. The maximum absolute atomic E-state index is 9.97. The Morgan fingerprint density at radius 2 is 1.91 bits per heavy atom. The Hall–Kier alpha value is -0.460. The molecule has 0 radical (unpaired) electrons. The van der Waals surface area contributed by atoms with Crippen molar-refractivity contribution in [3.63, 3.8) is 0 Å². The molecule has 22 heavy (non-hydrogen) atoms. The first-order chi connectivity index (χ1) is 10.7. The lowest BCUT2D eigenvalue weighted by Crippen LogP contribution is -2.41. The molecule has 1 fully saturated rings. The van der Waals surface area contributed by atoms with E-state index in [1.54, 1.807) is 0 Å². The third-order valence-electron chi connectivity index (χ3n) is 3.99. The first-order valence-electron chi connectivity index (χ1n) is 8.55. The average Bonchev–Trinajstić information content (AvgIpc) is 2.89. The van der Waals surface area contributed by atoms with Crippen molar-refractivity contribution in [2.75, 3.05) is 19.8 Å². The molecule has 0 spiro atoms. The van der Waals surface area contributed by atoms with Gasteiger partial charge in [0.15, 0.2) is 0 Å². The van der Waals surface area contributed by atoms with Crippen LogP contribution in [0.5, 0.6) is 0 Å². The van der Waals surface area contributed by atoms with E-state index in [0.717, 1.165) is 19.3 Å². The smallest absolute Gasteiger partial charge is 0.114 e. The van der Waals surface area contributed by atoms with Crippen LogP contribution in [0.1, 0.15) is 51.9 Å². The minimum Gasteiger partial charge on any atom is -0.394 e. The van der Waals surface area contributed by atoms with Crippen LogP contribution in [0.3, 0.4) is 0 Å². The van der Waals surface area contributed by atoms with E-state index < -0.39 is 31.0 Å². The Balaban J connectivity index is 1.98. The molecule has 0 saturated carbocycles. The molecule has 0 amide bonds. The molecular formula is C17H32O5. The van der Waals surface area contributed by atoms with E-state index in [4.69, 9.17) is 14.6 Å². The highest BCUT2D eigenvalue weighted by Gasteiger charge is 2.40. The number of aliphatic hydroxyl groups excluding tert-OH is 3. The van der Waals surface area contributed by atoms with Gasteiger partial charge in [0, 0.05) is 6.61 Å². The highest BCUT2D eigenvalue weighted by atomic mass is 16.6. The van der Waals surface area contributed by atoms with E-state index in [-0.39, 0.29) is 6.61 Å². The Labute approximate surface area is 133 Å². The van der Waals surface area contributed by atoms with Gasteiger partial charge in [0.1, 0.15) is 24.4 Å². The molecule has 1 saturated heterocycles. The number of hydrogen-bond acceptors (Lipinski definition) is 5. The summed E-state index contributed by atoms with van der Waals surface area (Å²) in [5.41, 5.74) is 0. The van der Waals surface area contributed by atoms with Gasteiger partial charge in [-0.15, -0.1) is 0 Å². The minimum absolute atomic E-state index is 0.270. The highest BCUT2D eigenvalue weighted by molar-refractivity contribution is 4.88. The van der Waals surface area contributed by atoms with Gasteiger partial charge in [-0.05, 0) is 25.7 Å². The van der Waals surface area contributed by atoms with Gasteiger partial charge in [0.05, 0.1) is 13.2 Å². The summed E-state index contributed by atoms with van der Waals surface area (Å²) in [5.74, 6) is 0. The number of hydrogen-bond donors (Lipinski definition) is 3. The van der Waals surface area contributed by atoms with Crippen molar-refractivity contribution < 1.29 is 24.8 Å². The zero-order valence-corrected chi connectivity index (χ0v) is 13.7. The molecule has 3 N–H and O–H groups in total. The summed E-state index contributed by atoms with van der Waals surface area (Å²) in [7, 11) is 0. The van der Waals surface area contributed by atoms with Gasteiger partial charge >= 0.3 is 0 Å². The molecule has 0 aromatic rings. The van der Waals surface area contributed by atoms with Crippen molar-refractivity contribution in [1.82, 2.24) is 0 Å². The van der Waals surface area contributed by atoms with Gasteiger partial charge in [-0.2, -0.15) is 0 Å². The zero-order chi connectivity index (χ0) is 16.2. The van der Waals surface area contributed by atoms with Crippen molar-refractivity contribution >= 4 is 0 Å². The van der Waals surface area contributed by atoms with Crippen LogP contribution in [0, 0.1) is 0 Å². The standard InChI is InChI=1S/C17H32O5/c1-2-3-4-5-6-7-8-9-10-11-21-15-13-22-17(16(15)20)14(19)12-18/h3-4,14-20H,2,5-13H2,1H3/b4-3+/t14-,15+,16-,17-/m0/s1. The van der Waals surface area contributed by atoms with E-state index in [1.165, 1.54) is 25.7 Å². The normalized spacial score (nSPS) is 26.8. The van der Waals surface area contributed by atoms with E-state index in [9.17, 15) is 10.2 Å².